The summed E-state index contributed by atoms with van der Waals surface area (Å²) in [6, 6.07) is 3.22. The molecule has 3 heteroatoms. The van der Waals surface area contributed by atoms with Gasteiger partial charge in [0.25, 0.3) is 0 Å². The third-order valence-electron chi connectivity index (χ3n) is 3.41. The number of nitrogens with zero attached hydrogens (tertiary/aromatic N) is 2. The van der Waals surface area contributed by atoms with Crippen molar-refractivity contribution < 1.29 is 0 Å². The molecule has 0 aliphatic rings. The summed E-state index contributed by atoms with van der Waals surface area (Å²) in [6.07, 6.45) is 5.49. The van der Waals surface area contributed by atoms with Gasteiger partial charge < -0.3 is 5.32 Å². The minimum absolute atomic E-state index is 0.501. The lowest BCUT2D eigenvalue weighted by molar-refractivity contribution is 0.415. The zero-order valence-electron chi connectivity index (χ0n) is 12.6. The highest BCUT2D eigenvalue weighted by Crippen LogP contribution is 2.13. The van der Waals surface area contributed by atoms with Crippen LogP contribution < -0.4 is 5.32 Å². The van der Waals surface area contributed by atoms with Gasteiger partial charge in [-0.05, 0) is 38.3 Å². The summed E-state index contributed by atoms with van der Waals surface area (Å²) in [5, 5.41) is 8.25. The lowest BCUT2D eigenvalue weighted by Crippen LogP contribution is -2.32. The molecular weight excluding hydrogens is 222 g/mol. The van der Waals surface area contributed by atoms with Gasteiger partial charge in [0.05, 0.1) is 5.69 Å². The van der Waals surface area contributed by atoms with Gasteiger partial charge in [0.2, 0.25) is 0 Å². The first kappa shape index (κ1) is 15.2. The van der Waals surface area contributed by atoms with Crippen molar-refractivity contribution in [1.29, 1.82) is 0 Å². The lowest BCUT2D eigenvalue weighted by Gasteiger charge is -2.19. The first-order valence-electron chi connectivity index (χ1n) is 7.34. The van der Waals surface area contributed by atoms with E-state index in [0.717, 1.165) is 25.3 Å². The average molecular weight is 251 g/mol. The maximum Gasteiger partial charge on any atom is 0.0640 e. The van der Waals surface area contributed by atoms with Gasteiger partial charge in [-0.1, -0.05) is 27.7 Å². The van der Waals surface area contributed by atoms with Crippen LogP contribution in [0.4, 0.5) is 0 Å². The van der Waals surface area contributed by atoms with Crippen LogP contribution in [0, 0.1) is 5.92 Å². The monoisotopic (exact) mass is 251 g/mol. The molecule has 0 aliphatic carbocycles. The second-order valence-electron chi connectivity index (χ2n) is 5.63. The van der Waals surface area contributed by atoms with Crippen LogP contribution in [-0.4, -0.2) is 22.4 Å². The van der Waals surface area contributed by atoms with Crippen molar-refractivity contribution in [3.8, 4) is 0 Å². The molecule has 0 aliphatic heterocycles. The predicted molar refractivity (Wildman–Crippen MR) is 77.9 cm³/mol. The molecule has 1 rings (SSSR count). The van der Waals surface area contributed by atoms with E-state index < -0.39 is 0 Å². The highest BCUT2D eigenvalue weighted by Gasteiger charge is 2.13. The Morgan fingerprint density at radius 2 is 2.00 bits per heavy atom. The smallest absolute Gasteiger partial charge is 0.0640 e. The Labute approximate surface area is 112 Å². The van der Waals surface area contributed by atoms with Gasteiger partial charge in [0.1, 0.15) is 0 Å². The number of aromatic nitrogens is 2. The minimum Gasteiger partial charge on any atom is -0.314 e. The van der Waals surface area contributed by atoms with Gasteiger partial charge in [-0.3, -0.25) is 4.68 Å². The molecule has 0 aromatic carbocycles. The molecular formula is C15H29N3. The molecule has 0 radical (unpaired) electrons. The summed E-state index contributed by atoms with van der Waals surface area (Å²) in [7, 11) is 0. The zero-order valence-corrected chi connectivity index (χ0v) is 12.6. The highest BCUT2D eigenvalue weighted by atomic mass is 15.3. The molecule has 2 unspecified atom stereocenters. The van der Waals surface area contributed by atoms with Crippen molar-refractivity contribution in [2.75, 3.05) is 6.54 Å². The number of rotatable bonds is 8. The fourth-order valence-corrected chi connectivity index (χ4v) is 2.27. The van der Waals surface area contributed by atoms with Crippen LogP contribution in [0.15, 0.2) is 12.3 Å². The van der Waals surface area contributed by atoms with Crippen molar-refractivity contribution in [1.82, 2.24) is 15.1 Å². The fourth-order valence-electron chi connectivity index (χ4n) is 2.27. The van der Waals surface area contributed by atoms with Gasteiger partial charge in [0.15, 0.2) is 0 Å². The first-order valence-corrected chi connectivity index (χ1v) is 7.34. The van der Waals surface area contributed by atoms with E-state index in [1.54, 1.807) is 0 Å². The number of hydrogen-bond donors (Lipinski definition) is 1. The Morgan fingerprint density at radius 3 is 2.56 bits per heavy atom. The van der Waals surface area contributed by atoms with E-state index in [-0.39, 0.29) is 0 Å². The third kappa shape index (κ3) is 4.81. The van der Waals surface area contributed by atoms with E-state index >= 15 is 0 Å². The van der Waals surface area contributed by atoms with Crippen molar-refractivity contribution in [2.24, 2.45) is 5.92 Å². The van der Waals surface area contributed by atoms with E-state index in [4.69, 9.17) is 0 Å². The Bertz CT molecular complexity index is 330. The molecule has 0 spiro atoms. The molecule has 1 N–H and O–H groups in total. The number of hydrogen-bond acceptors (Lipinski definition) is 2. The standard InChI is InChI=1S/C15H29N3/c1-6-13(5)18-9-8-14(17-18)11-15(16-7-2)10-12(3)4/h8-9,12-13,15-16H,6-7,10-11H2,1-5H3. The van der Waals surface area contributed by atoms with Crippen molar-refractivity contribution in [3.63, 3.8) is 0 Å². The quantitative estimate of drug-likeness (QED) is 0.767. The van der Waals surface area contributed by atoms with Gasteiger partial charge in [-0.2, -0.15) is 5.10 Å². The lowest BCUT2D eigenvalue weighted by atomic mass is 10.00. The SMILES string of the molecule is CCNC(Cc1ccn(C(C)CC)n1)CC(C)C. The predicted octanol–water partition coefficient (Wildman–Crippen LogP) is 3.42. The normalized spacial score (nSPS) is 15.0. The highest BCUT2D eigenvalue weighted by molar-refractivity contribution is 5.02. The Hall–Kier alpha value is -0.830. The van der Waals surface area contributed by atoms with E-state index in [1.807, 2.05) is 0 Å². The first-order chi connectivity index (χ1) is 8.56. The Balaban J connectivity index is 2.60. The van der Waals surface area contributed by atoms with E-state index in [1.165, 1.54) is 12.1 Å². The van der Waals surface area contributed by atoms with Gasteiger partial charge in [0, 0.05) is 24.7 Å². The van der Waals surface area contributed by atoms with Crippen LogP contribution in [-0.2, 0) is 6.42 Å². The van der Waals surface area contributed by atoms with Crippen LogP contribution in [0.2, 0.25) is 0 Å². The fraction of sp³-hybridized carbons (Fsp3) is 0.800. The van der Waals surface area contributed by atoms with Gasteiger partial charge >= 0.3 is 0 Å². The summed E-state index contributed by atoms with van der Waals surface area (Å²) in [6.45, 7) is 12.2. The minimum atomic E-state index is 0.501. The van der Waals surface area contributed by atoms with Gasteiger partial charge in [-0.25, -0.2) is 0 Å². The van der Waals surface area contributed by atoms with Crippen LogP contribution in [0.3, 0.4) is 0 Å². The molecule has 1 aromatic rings. The molecule has 1 heterocycles. The molecule has 0 amide bonds. The summed E-state index contributed by atoms with van der Waals surface area (Å²) in [5.74, 6) is 0.728. The molecule has 0 saturated carbocycles. The van der Waals surface area contributed by atoms with Crippen molar-refractivity contribution in [2.45, 2.75) is 66.0 Å². The molecule has 0 bridgehead atoms. The van der Waals surface area contributed by atoms with E-state index in [9.17, 15) is 0 Å². The van der Waals surface area contributed by atoms with Crippen molar-refractivity contribution >= 4 is 0 Å². The second kappa shape index (κ2) is 7.57. The molecule has 2 atom stereocenters. The molecule has 104 valence electrons. The van der Waals surface area contributed by atoms with Crippen LogP contribution >= 0.6 is 0 Å². The summed E-state index contributed by atoms with van der Waals surface area (Å²) >= 11 is 0. The number of likely N-dealkylation sites (N-methyl/N-ethyl adjacent to an activating group) is 1. The zero-order chi connectivity index (χ0) is 13.5. The average Bonchev–Trinajstić information content (AvgIpc) is 2.76. The van der Waals surface area contributed by atoms with Crippen LogP contribution in [0.5, 0.6) is 0 Å². The Morgan fingerprint density at radius 1 is 1.28 bits per heavy atom. The molecule has 18 heavy (non-hydrogen) atoms. The van der Waals surface area contributed by atoms with E-state index in [2.05, 4.69) is 62.0 Å². The van der Waals surface area contributed by atoms with Crippen LogP contribution in [0.25, 0.3) is 0 Å². The Kier molecular flexibility index (Phi) is 6.41. The van der Waals surface area contributed by atoms with Crippen molar-refractivity contribution in [3.05, 3.63) is 18.0 Å². The second-order valence-corrected chi connectivity index (χ2v) is 5.63. The third-order valence-corrected chi connectivity index (χ3v) is 3.41. The maximum atomic E-state index is 4.69. The summed E-state index contributed by atoms with van der Waals surface area (Å²) in [5.41, 5.74) is 1.21. The molecule has 0 saturated heterocycles. The maximum absolute atomic E-state index is 4.69. The number of nitrogens with one attached hydrogen (secondary N) is 1. The van der Waals surface area contributed by atoms with Gasteiger partial charge in [-0.15, -0.1) is 0 Å². The molecule has 1 aromatic heterocycles. The summed E-state index contributed by atoms with van der Waals surface area (Å²) < 4.78 is 2.09. The largest absolute Gasteiger partial charge is 0.314 e. The van der Waals surface area contributed by atoms with Crippen LogP contribution in [0.1, 0.15) is 59.2 Å². The summed E-state index contributed by atoms with van der Waals surface area (Å²) in [4.78, 5) is 0. The molecule has 3 nitrogen and oxygen atoms in total. The van der Waals surface area contributed by atoms with E-state index in [0.29, 0.717) is 12.1 Å². The molecule has 0 fully saturated rings. The topological polar surface area (TPSA) is 29.9 Å².